The molecule has 33 heavy (non-hydrogen) atoms. The zero-order chi connectivity index (χ0) is 23.4. The molecule has 0 unspecified atom stereocenters. The second-order valence-electron chi connectivity index (χ2n) is 7.92. The summed E-state index contributed by atoms with van der Waals surface area (Å²) in [5.41, 5.74) is 2.74. The van der Waals surface area contributed by atoms with E-state index >= 15 is 0 Å². The number of nitrogens with zero attached hydrogens (tertiary/aromatic N) is 4. The molecule has 10 heteroatoms. The van der Waals surface area contributed by atoms with Gasteiger partial charge in [0.15, 0.2) is 0 Å². The third-order valence-electron chi connectivity index (χ3n) is 6.06. The second-order valence-corrected chi connectivity index (χ2v) is 9.81. The van der Waals surface area contributed by atoms with Gasteiger partial charge in [0.25, 0.3) is 5.91 Å². The van der Waals surface area contributed by atoms with Crippen molar-refractivity contribution in [3.05, 3.63) is 53.6 Å². The molecule has 2 fully saturated rings. The van der Waals surface area contributed by atoms with Crippen LogP contribution in [0.3, 0.4) is 0 Å². The Balaban J connectivity index is 1.56. The van der Waals surface area contributed by atoms with E-state index in [4.69, 9.17) is 10.00 Å². The molecule has 2 aromatic rings. The van der Waals surface area contributed by atoms with Crippen LogP contribution in [-0.2, 0) is 14.8 Å². The second kappa shape index (κ2) is 9.79. The van der Waals surface area contributed by atoms with Gasteiger partial charge in [-0.1, -0.05) is 0 Å². The Morgan fingerprint density at radius 2 is 1.64 bits per heavy atom. The van der Waals surface area contributed by atoms with Crippen LogP contribution in [0.1, 0.15) is 15.9 Å². The molecule has 2 aromatic carbocycles. The number of amides is 1. The van der Waals surface area contributed by atoms with Gasteiger partial charge in [-0.05, 0) is 49.5 Å². The summed E-state index contributed by atoms with van der Waals surface area (Å²) in [7, 11) is -2.32. The normalized spacial score (nSPS) is 17.0. The molecule has 2 aliphatic rings. The number of morpholine rings is 1. The molecule has 0 bridgehead atoms. The van der Waals surface area contributed by atoms with Gasteiger partial charge in [0.1, 0.15) is 0 Å². The molecule has 0 aromatic heterocycles. The van der Waals surface area contributed by atoms with E-state index < -0.39 is 10.0 Å². The highest BCUT2D eigenvalue weighted by atomic mass is 32.2. The quantitative estimate of drug-likeness (QED) is 0.703. The number of piperazine rings is 1. The van der Waals surface area contributed by atoms with Crippen molar-refractivity contribution >= 4 is 27.3 Å². The monoisotopic (exact) mass is 469 g/mol. The van der Waals surface area contributed by atoms with Gasteiger partial charge in [0, 0.05) is 50.6 Å². The number of nitrogens with one attached hydrogen (secondary N) is 1. The van der Waals surface area contributed by atoms with Crippen LogP contribution >= 0.6 is 0 Å². The number of rotatable bonds is 5. The Kier molecular flexibility index (Phi) is 6.83. The van der Waals surface area contributed by atoms with Crippen molar-refractivity contribution in [2.75, 3.05) is 69.3 Å². The highest BCUT2D eigenvalue weighted by Gasteiger charge is 2.28. The van der Waals surface area contributed by atoms with Crippen molar-refractivity contribution in [3.63, 3.8) is 0 Å². The number of nitriles is 1. The van der Waals surface area contributed by atoms with Crippen LogP contribution in [-0.4, -0.2) is 78.8 Å². The first-order chi connectivity index (χ1) is 15.9. The molecule has 9 nitrogen and oxygen atoms in total. The third kappa shape index (κ3) is 4.95. The molecule has 0 aliphatic carbocycles. The number of sulfonamides is 1. The zero-order valence-electron chi connectivity index (χ0n) is 18.5. The fraction of sp³-hybridized carbons (Fsp3) is 0.391. The molecule has 0 saturated carbocycles. The number of benzene rings is 2. The van der Waals surface area contributed by atoms with Crippen LogP contribution in [0, 0.1) is 11.3 Å². The average Bonchev–Trinajstić information content (AvgIpc) is 2.88. The molecule has 1 N–H and O–H groups in total. The Morgan fingerprint density at radius 3 is 2.24 bits per heavy atom. The van der Waals surface area contributed by atoms with E-state index in [0.29, 0.717) is 63.6 Å². The van der Waals surface area contributed by atoms with E-state index in [2.05, 4.69) is 20.6 Å². The lowest BCUT2D eigenvalue weighted by molar-refractivity contribution is 0.0746. The first-order valence-electron chi connectivity index (χ1n) is 10.9. The number of hydrogen-bond acceptors (Lipinski definition) is 7. The SMILES string of the molecule is CNS(=O)(=O)c1ccc(N2CCOCC2)c(C(=O)N2CCN(c3ccc(C#N)cc3)CC2)c1. The summed E-state index contributed by atoms with van der Waals surface area (Å²) in [4.78, 5) is 19.6. The average molecular weight is 470 g/mol. The Hall–Kier alpha value is -3.13. The summed E-state index contributed by atoms with van der Waals surface area (Å²) in [6, 6.07) is 14.3. The molecule has 0 spiro atoms. The lowest BCUT2D eigenvalue weighted by Gasteiger charge is -2.37. The minimum Gasteiger partial charge on any atom is -0.378 e. The molecular formula is C23H27N5O4S. The first kappa shape index (κ1) is 23.0. The van der Waals surface area contributed by atoms with E-state index in [0.717, 1.165) is 11.4 Å². The Labute approximate surface area is 194 Å². The number of hydrogen-bond donors (Lipinski definition) is 1. The summed E-state index contributed by atoms with van der Waals surface area (Å²) in [5, 5.41) is 8.99. The predicted octanol–water partition coefficient (Wildman–Crippen LogP) is 1.27. The highest BCUT2D eigenvalue weighted by molar-refractivity contribution is 7.89. The van der Waals surface area contributed by atoms with Gasteiger partial charge in [-0.15, -0.1) is 0 Å². The first-order valence-corrected chi connectivity index (χ1v) is 12.4. The summed E-state index contributed by atoms with van der Waals surface area (Å²) in [6.45, 7) is 4.75. The largest absolute Gasteiger partial charge is 0.378 e. The van der Waals surface area contributed by atoms with Crippen LogP contribution in [0.2, 0.25) is 0 Å². The summed E-state index contributed by atoms with van der Waals surface area (Å²) in [5.74, 6) is -0.177. The van der Waals surface area contributed by atoms with Gasteiger partial charge in [-0.3, -0.25) is 4.79 Å². The molecule has 4 rings (SSSR count). The van der Waals surface area contributed by atoms with Gasteiger partial charge >= 0.3 is 0 Å². The highest BCUT2D eigenvalue weighted by Crippen LogP contribution is 2.27. The predicted molar refractivity (Wildman–Crippen MR) is 125 cm³/mol. The number of anilines is 2. The van der Waals surface area contributed by atoms with E-state index in [1.54, 1.807) is 23.1 Å². The van der Waals surface area contributed by atoms with Gasteiger partial charge < -0.3 is 19.4 Å². The van der Waals surface area contributed by atoms with Crippen LogP contribution in [0.15, 0.2) is 47.4 Å². The van der Waals surface area contributed by atoms with E-state index in [1.165, 1.54) is 19.2 Å². The van der Waals surface area contributed by atoms with Crippen LogP contribution < -0.4 is 14.5 Å². The number of ether oxygens (including phenoxy) is 1. The van der Waals surface area contributed by atoms with Crippen LogP contribution in [0.4, 0.5) is 11.4 Å². The van der Waals surface area contributed by atoms with E-state index in [9.17, 15) is 13.2 Å². The zero-order valence-corrected chi connectivity index (χ0v) is 19.3. The van der Waals surface area contributed by atoms with Crippen molar-refractivity contribution in [2.24, 2.45) is 0 Å². The molecular weight excluding hydrogens is 442 g/mol. The summed E-state index contributed by atoms with van der Waals surface area (Å²) >= 11 is 0. The van der Waals surface area contributed by atoms with Crippen LogP contribution in [0.5, 0.6) is 0 Å². The maximum atomic E-state index is 13.6. The van der Waals surface area contributed by atoms with Crippen molar-refractivity contribution in [2.45, 2.75) is 4.90 Å². The molecule has 1 amide bonds. The maximum Gasteiger partial charge on any atom is 0.256 e. The number of carbonyl (C=O) groups excluding carboxylic acids is 1. The molecule has 2 aliphatic heterocycles. The molecule has 0 atom stereocenters. The van der Waals surface area contributed by atoms with Gasteiger partial charge in [-0.25, -0.2) is 13.1 Å². The molecule has 0 radical (unpaired) electrons. The molecule has 2 heterocycles. The number of carbonyl (C=O) groups is 1. The lowest BCUT2D eigenvalue weighted by atomic mass is 10.1. The van der Waals surface area contributed by atoms with Gasteiger partial charge in [-0.2, -0.15) is 5.26 Å². The minimum atomic E-state index is -3.68. The van der Waals surface area contributed by atoms with Crippen molar-refractivity contribution in [1.82, 2.24) is 9.62 Å². The fourth-order valence-electron chi connectivity index (χ4n) is 4.14. The topological polar surface area (TPSA) is 106 Å². The maximum absolute atomic E-state index is 13.6. The molecule has 2 saturated heterocycles. The summed E-state index contributed by atoms with van der Waals surface area (Å²) in [6.07, 6.45) is 0. The van der Waals surface area contributed by atoms with Crippen molar-refractivity contribution in [3.8, 4) is 6.07 Å². The van der Waals surface area contributed by atoms with Gasteiger partial charge in [0.05, 0.1) is 35.3 Å². The van der Waals surface area contributed by atoms with Gasteiger partial charge in [0.2, 0.25) is 10.0 Å². The lowest BCUT2D eigenvalue weighted by Crippen LogP contribution is -2.49. The Bertz CT molecular complexity index is 1150. The smallest absolute Gasteiger partial charge is 0.256 e. The summed E-state index contributed by atoms with van der Waals surface area (Å²) < 4.78 is 32.5. The van der Waals surface area contributed by atoms with E-state index in [1.807, 2.05) is 12.1 Å². The van der Waals surface area contributed by atoms with Crippen LogP contribution in [0.25, 0.3) is 0 Å². The fourth-order valence-corrected chi connectivity index (χ4v) is 4.89. The third-order valence-corrected chi connectivity index (χ3v) is 7.47. The minimum absolute atomic E-state index is 0.0709. The standard InChI is InChI=1S/C23H27N5O4S/c1-25-33(30,31)20-6-7-22(27-12-14-32-15-13-27)21(16-20)23(29)28-10-8-26(9-11-28)19-4-2-18(17-24)3-5-19/h2-7,16,25H,8-15H2,1H3. The molecule has 174 valence electrons. The van der Waals surface area contributed by atoms with E-state index in [-0.39, 0.29) is 10.8 Å². The Morgan fingerprint density at radius 1 is 0.970 bits per heavy atom. The van der Waals surface area contributed by atoms with Crippen molar-refractivity contribution < 1.29 is 17.9 Å². The van der Waals surface area contributed by atoms with Crippen molar-refractivity contribution in [1.29, 1.82) is 5.26 Å².